The van der Waals surface area contributed by atoms with Crippen molar-refractivity contribution in [3.63, 3.8) is 0 Å². The molecule has 8 heteroatoms. The van der Waals surface area contributed by atoms with Crippen molar-refractivity contribution in [2.45, 2.75) is 23.8 Å². The fourth-order valence-corrected chi connectivity index (χ4v) is 3.59. The monoisotopic (exact) mass is 335 g/mol. The predicted octanol–water partition coefficient (Wildman–Crippen LogP) is 1.81. The quantitative estimate of drug-likeness (QED) is 0.858. The minimum absolute atomic E-state index is 0.00996. The van der Waals surface area contributed by atoms with Crippen molar-refractivity contribution in [2.24, 2.45) is 0 Å². The molecule has 0 unspecified atom stereocenters. The Labute approximate surface area is 129 Å². The van der Waals surface area contributed by atoms with Crippen molar-refractivity contribution in [2.75, 3.05) is 27.4 Å². The number of halogens is 1. The molecule has 21 heavy (non-hydrogen) atoms. The van der Waals surface area contributed by atoms with Crippen LogP contribution in [0.4, 0.5) is 0 Å². The molecular formula is C13H18ClNO5S. The zero-order valence-corrected chi connectivity index (χ0v) is 13.5. The van der Waals surface area contributed by atoms with Crippen molar-refractivity contribution in [1.82, 2.24) is 4.72 Å². The lowest BCUT2D eigenvalue weighted by molar-refractivity contribution is 0.114. The van der Waals surface area contributed by atoms with E-state index < -0.39 is 10.0 Å². The van der Waals surface area contributed by atoms with Crippen molar-refractivity contribution >= 4 is 21.6 Å². The maximum atomic E-state index is 12.4. The zero-order valence-electron chi connectivity index (χ0n) is 11.9. The second-order valence-corrected chi connectivity index (χ2v) is 6.77. The van der Waals surface area contributed by atoms with Crippen LogP contribution in [0.1, 0.15) is 12.8 Å². The number of benzene rings is 1. The molecule has 1 aliphatic rings. The number of rotatable bonds is 6. The van der Waals surface area contributed by atoms with Crippen LogP contribution in [0, 0.1) is 0 Å². The van der Waals surface area contributed by atoms with E-state index in [2.05, 4.69) is 4.72 Å². The summed E-state index contributed by atoms with van der Waals surface area (Å²) in [5.74, 6) is 0.440. The molecule has 1 saturated heterocycles. The highest BCUT2D eigenvalue weighted by atomic mass is 35.5. The van der Waals surface area contributed by atoms with Crippen LogP contribution in [-0.2, 0) is 14.8 Å². The lowest BCUT2D eigenvalue weighted by Crippen LogP contribution is -2.32. The van der Waals surface area contributed by atoms with Gasteiger partial charge in [-0.05, 0) is 12.8 Å². The van der Waals surface area contributed by atoms with E-state index in [4.69, 9.17) is 25.8 Å². The maximum absolute atomic E-state index is 12.4. The third-order valence-corrected chi connectivity index (χ3v) is 4.99. The van der Waals surface area contributed by atoms with Gasteiger partial charge in [-0.25, -0.2) is 13.1 Å². The van der Waals surface area contributed by atoms with E-state index in [0.717, 1.165) is 12.8 Å². The molecule has 1 aromatic rings. The Morgan fingerprint density at radius 2 is 2.05 bits per heavy atom. The average molecular weight is 336 g/mol. The standard InChI is InChI=1S/C13H18ClNO5S/c1-18-11-7-13(12(19-2)6-10(11)14)21(16,17)15-8-9-4-3-5-20-9/h6-7,9,15H,3-5,8H2,1-2H3/t9-/m1/s1. The van der Waals surface area contributed by atoms with E-state index in [0.29, 0.717) is 6.61 Å². The van der Waals surface area contributed by atoms with Crippen LogP contribution in [0.25, 0.3) is 0 Å². The summed E-state index contributed by atoms with van der Waals surface area (Å²) in [6.45, 7) is 0.904. The molecule has 1 atom stereocenters. The van der Waals surface area contributed by atoms with Gasteiger partial charge in [-0.3, -0.25) is 0 Å². The van der Waals surface area contributed by atoms with Crippen molar-refractivity contribution in [3.8, 4) is 11.5 Å². The van der Waals surface area contributed by atoms with Gasteiger partial charge in [0.2, 0.25) is 10.0 Å². The van der Waals surface area contributed by atoms with Crippen LogP contribution in [0.5, 0.6) is 11.5 Å². The van der Waals surface area contributed by atoms with E-state index in [-0.39, 0.29) is 34.1 Å². The molecule has 1 heterocycles. The first kappa shape index (κ1) is 16.4. The van der Waals surface area contributed by atoms with Crippen LogP contribution in [0.2, 0.25) is 5.02 Å². The fourth-order valence-electron chi connectivity index (χ4n) is 2.13. The van der Waals surface area contributed by atoms with Crippen molar-refractivity contribution in [1.29, 1.82) is 0 Å². The van der Waals surface area contributed by atoms with Gasteiger partial charge in [0.25, 0.3) is 0 Å². The largest absolute Gasteiger partial charge is 0.495 e. The topological polar surface area (TPSA) is 73.9 Å². The second kappa shape index (κ2) is 6.83. The van der Waals surface area contributed by atoms with Gasteiger partial charge in [0, 0.05) is 25.3 Å². The first-order chi connectivity index (χ1) is 9.97. The molecule has 118 valence electrons. The molecule has 0 bridgehead atoms. The van der Waals surface area contributed by atoms with Crippen LogP contribution in [0.3, 0.4) is 0 Å². The zero-order chi connectivity index (χ0) is 15.5. The highest BCUT2D eigenvalue weighted by Crippen LogP contribution is 2.34. The molecule has 6 nitrogen and oxygen atoms in total. The van der Waals surface area contributed by atoms with E-state index in [9.17, 15) is 8.42 Å². The Morgan fingerprint density at radius 1 is 1.33 bits per heavy atom. The lowest BCUT2D eigenvalue weighted by atomic mass is 10.2. The SMILES string of the molecule is COc1cc(S(=O)(=O)NC[C@H]2CCCO2)c(OC)cc1Cl. The Morgan fingerprint density at radius 3 is 2.62 bits per heavy atom. The Balaban J connectivity index is 2.25. The molecule has 0 amide bonds. The Bertz CT molecular complexity index is 599. The number of ether oxygens (including phenoxy) is 3. The molecule has 1 fully saturated rings. The summed E-state index contributed by atoms with van der Waals surface area (Å²) < 4.78 is 42.9. The van der Waals surface area contributed by atoms with Gasteiger partial charge in [-0.2, -0.15) is 0 Å². The summed E-state index contributed by atoms with van der Waals surface area (Å²) in [4.78, 5) is -0.00996. The average Bonchev–Trinajstić information content (AvgIpc) is 2.98. The summed E-state index contributed by atoms with van der Waals surface area (Å²) in [5, 5.41) is 0.285. The van der Waals surface area contributed by atoms with Gasteiger partial charge in [0.15, 0.2) is 0 Å². The summed E-state index contributed by atoms with van der Waals surface area (Å²) in [5.41, 5.74) is 0. The van der Waals surface area contributed by atoms with E-state index >= 15 is 0 Å². The molecular weight excluding hydrogens is 318 g/mol. The maximum Gasteiger partial charge on any atom is 0.244 e. The Hall–Kier alpha value is -1.02. The van der Waals surface area contributed by atoms with Gasteiger partial charge >= 0.3 is 0 Å². The minimum atomic E-state index is -3.73. The van der Waals surface area contributed by atoms with Crippen LogP contribution in [0.15, 0.2) is 17.0 Å². The fraction of sp³-hybridized carbons (Fsp3) is 0.538. The van der Waals surface area contributed by atoms with Gasteiger partial charge in [-0.15, -0.1) is 0 Å². The smallest absolute Gasteiger partial charge is 0.244 e. The molecule has 2 rings (SSSR count). The molecule has 0 spiro atoms. The number of sulfonamides is 1. The number of hydrogen-bond acceptors (Lipinski definition) is 5. The molecule has 0 aromatic heterocycles. The minimum Gasteiger partial charge on any atom is -0.495 e. The van der Waals surface area contributed by atoms with Gasteiger partial charge in [-0.1, -0.05) is 11.6 Å². The number of methoxy groups -OCH3 is 2. The van der Waals surface area contributed by atoms with Crippen LogP contribution in [-0.4, -0.2) is 41.9 Å². The van der Waals surface area contributed by atoms with E-state index in [1.54, 1.807) is 0 Å². The third kappa shape index (κ3) is 3.79. The normalized spacial score (nSPS) is 18.7. The van der Waals surface area contributed by atoms with Crippen molar-refractivity contribution in [3.05, 3.63) is 17.2 Å². The summed E-state index contributed by atoms with van der Waals surface area (Å²) in [7, 11) is -0.927. The number of hydrogen-bond donors (Lipinski definition) is 1. The predicted molar refractivity (Wildman–Crippen MR) is 78.7 cm³/mol. The first-order valence-electron chi connectivity index (χ1n) is 6.50. The highest BCUT2D eigenvalue weighted by molar-refractivity contribution is 7.89. The molecule has 1 N–H and O–H groups in total. The van der Waals surface area contributed by atoms with Crippen molar-refractivity contribution < 1.29 is 22.6 Å². The van der Waals surface area contributed by atoms with E-state index in [1.807, 2.05) is 0 Å². The summed E-state index contributed by atoms with van der Waals surface area (Å²) >= 11 is 5.97. The second-order valence-electron chi connectivity index (χ2n) is 4.62. The first-order valence-corrected chi connectivity index (χ1v) is 8.37. The summed E-state index contributed by atoms with van der Waals surface area (Å²) in [6.07, 6.45) is 1.72. The van der Waals surface area contributed by atoms with Gasteiger partial charge in [0.05, 0.1) is 25.3 Å². The third-order valence-electron chi connectivity index (χ3n) is 3.25. The molecule has 0 saturated carbocycles. The van der Waals surface area contributed by atoms with Crippen LogP contribution < -0.4 is 14.2 Å². The highest BCUT2D eigenvalue weighted by Gasteiger charge is 2.24. The summed E-state index contributed by atoms with van der Waals surface area (Å²) in [6, 6.07) is 2.76. The number of nitrogens with one attached hydrogen (secondary N) is 1. The van der Waals surface area contributed by atoms with Crippen LogP contribution >= 0.6 is 11.6 Å². The van der Waals surface area contributed by atoms with Gasteiger partial charge < -0.3 is 14.2 Å². The molecule has 0 radical (unpaired) electrons. The van der Waals surface area contributed by atoms with Gasteiger partial charge in [0.1, 0.15) is 16.4 Å². The lowest BCUT2D eigenvalue weighted by Gasteiger charge is -2.15. The Kier molecular flexibility index (Phi) is 5.32. The molecule has 0 aliphatic carbocycles. The van der Waals surface area contributed by atoms with E-state index in [1.165, 1.54) is 26.4 Å². The molecule has 1 aliphatic heterocycles. The molecule has 1 aromatic carbocycles.